The fraction of sp³-hybridized carbons (Fsp3) is 0.625. The molecule has 0 aliphatic carbocycles. The van der Waals surface area contributed by atoms with Crippen molar-refractivity contribution in [3.8, 4) is 0 Å². The highest BCUT2D eigenvalue weighted by molar-refractivity contribution is 5.68. The molecule has 0 saturated carbocycles. The van der Waals surface area contributed by atoms with Gasteiger partial charge in [-0.1, -0.05) is 19.4 Å². The average molecular weight is 276 g/mol. The number of hydrogen-bond donors (Lipinski definition) is 0. The molecule has 1 aromatic heterocycles. The van der Waals surface area contributed by atoms with Crippen LogP contribution in [0.2, 0.25) is 0 Å². The maximum absolute atomic E-state index is 12.3. The Kier molecular flexibility index (Phi) is 4.31. The van der Waals surface area contributed by atoms with Crippen LogP contribution in [0.1, 0.15) is 45.4 Å². The molecule has 0 saturated heterocycles. The van der Waals surface area contributed by atoms with Crippen LogP contribution in [-0.2, 0) is 17.7 Å². The Morgan fingerprint density at radius 3 is 2.90 bits per heavy atom. The van der Waals surface area contributed by atoms with Crippen molar-refractivity contribution in [2.75, 3.05) is 6.54 Å². The van der Waals surface area contributed by atoms with Crippen LogP contribution in [0.3, 0.4) is 0 Å². The molecule has 110 valence electrons. The zero-order chi connectivity index (χ0) is 14.8. The van der Waals surface area contributed by atoms with Crippen molar-refractivity contribution in [3.05, 3.63) is 29.6 Å². The van der Waals surface area contributed by atoms with Gasteiger partial charge in [0.25, 0.3) is 0 Å². The molecule has 0 N–H and O–H groups in total. The second-order valence-corrected chi connectivity index (χ2v) is 6.45. The molecule has 1 aliphatic heterocycles. The fourth-order valence-corrected chi connectivity index (χ4v) is 2.47. The minimum Gasteiger partial charge on any atom is -0.444 e. The first-order valence-corrected chi connectivity index (χ1v) is 7.29. The van der Waals surface area contributed by atoms with Crippen LogP contribution < -0.4 is 0 Å². The molecule has 1 amide bonds. The maximum atomic E-state index is 12.3. The van der Waals surface area contributed by atoms with Gasteiger partial charge in [0.1, 0.15) is 5.60 Å². The maximum Gasteiger partial charge on any atom is 0.410 e. The summed E-state index contributed by atoms with van der Waals surface area (Å²) >= 11 is 0. The number of carbonyl (C=O) groups is 1. The van der Waals surface area contributed by atoms with Crippen LogP contribution in [0.5, 0.6) is 0 Å². The normalized spacial score (nSPS) is 19.2. The van der Waals surface area contributed by atoms with Crippen molar-refractivity contribution in [3.63, 3.8) is 0 Å². The molecule has 4 heteroatoms. The summed E-state index contributed by atoms with van der Waals surface area (Å²) in [5.74, 6) is 0.466. The van der Waals surface area contributed by atoms with E-state index in [9.17, 15) is 4.79 Å². The Bertz CT molecular complexity index is 480. The first-order chi connectivity index (χ1) is 9.39. The quantitative estimate of drug-likeness (QED) is 0.789. The number of hydrogen-bond acceptors (Lipinski definition) is 3. The van der Waals surface area contributed by atoms with E-state index in [1.54, 1.807) is 11.1 Å². The monoisotopic (exact) mass is 276 g/mol. The van der Waals surface area contributed by atoms with Crippen molar-refractivity contribution in [1.82, 2.24) is 9.88 Å². The van der Waals surface area contributed by atoms with Gasteiger partial charge in [0, 0.05) is 12.7 Å². The van der Waals surface area contributed by atoms with Gasteiger partial charge in [-0.15, -0.1) is 0 Å². The molecule has 2 heterocycles. The van der Waals surface area contributed by atoms with E-state index in [0.29, 0.717) is 12.5 Å². The SMILES string of the molecule is CC[C@@H]1Cc2cccnc2CN(C(=O)OC(C)(C)C)C1. The van der Waals surface area contributed by atoms with E-state index in [1.807, 2.05) is 26.8 Å². The topological polar surface area (TPSA) is 42.4 Å². The van der Waals surface area contributed by atoms with Crippen LogP contribution in [-0.4, -0.2) is 28.1 Å². The number of amides is 1. The first-order valence-electron chi connectivity index (χ1n) is 7.29. The smallest absolute Gasteiger partial charge is 0.410 e. The predicted octanol–water partition coefficient (Wildman–Crippen LogP) is 3.40. The average Bonchev–Trinajstić information content (AvgIpc) is 2.55. The molecule has 0 spiro atoms. The van der Waals surface area contributed by atoms with Crippen LogP contribution in [0.25, 0.3) is 0 Å². The Hall–Kier alpha value is -1.58. The molecule has 1 atom stereocenters. The summed E-state index contributed by atoms with van der Waals surface area (Å²) in [7, 11) is 0. The summed E-state index contributed by atoms with van der Waals surface area (Å²) < 4.78 is 5.50. The summed E-state index contributed by atoms with van der Waals surface area (Å²) in [6, 6.07) is 4.08. The molecule has 0 bridgehead atoms. The number of ether oxygens (including phenoxy) is 1. The van der Waals surface area contributed by atoms with Crippen molar-refractivity contribution in [2.45, 2.75) is 52.7 Å². The second-order valence-electron chi connectivity index (χ2n) is 6.45. The molecule has 0 aromatic carbocycles. The molecule has 1 aliphatic rings. The molecule has 0 fully saturated rings. The minimum atomic E-state index is -0.460. The van der Waals surface area contributed by atoms with E-state index in [0.717, 1.165) is 25.1 Å². The summed E-state index contributed by atoms with van der Waals surface area (Å²) in [5.41, 5.74) is 1.79. The Balaban J connectivity index is 2.20. The Morgan fingerprint density at radius 2 is 2.25 bits per heavy atom. The molecule has 2 rings (SSSR count). The molecule has 0 unspecified atom stereocenters. The minimum absolute atomic E-state index is 0.241. The largest absolute Gasteiger partial charge is 0.444 e. The zero-order valence-electron chi connectivity index (χ0n) is 12.8. The highest BCUT2D eigenvalue weighted by Crippen LogP contribution is 2.23. The van der Waals surface area contributed by atoms with Gasteiger partial charge >= 0.3 is 6.09 Å². The van der Waals surface area contributed by atoms with Crippen LogP contribution >= 0.6 is 0 Å². The summed E-state index contributed by atoms with van der Waals surface area (Å²) in [4.78, 5) is 18.5. The summed E-state index contributed by atoms with van der Waals surface area (Å²) in [5, 5.41) is 0. The molecule has 0 radical (unpaired) electrons. The number of pyridine rings is 1. The lowest BCUT2D eigenvalue weighted by molar-refractivity contribution is 0.0207. The van der Waals surface area contributed by atoms with Gasteiger partial charge in [-0.25, -0.2) is 4.79 Å². The van der Waals surface area contributed by atoms with E-state index in [1.165, 1.54) is 5.56 Å². The Labute approximate surface area is 121 Å². The highest BCUT2D eigenvalue weighted by Gasteiger charge is 2.28. The highest BCUT2D eigenvalue weighted by atomic mass is 16.6. The van der Waals surface area contributed by atoms with E-state index in [4.69, 9.17) is 4.74 Å². The van der Waals surface area contributed by atoms with Crippen molar-refractivity contribution >= 4 is 6.09 Å². The van der Waals surface area contributed by atoms with Crippen LogP contribution in [0.4, 0.5) is 4.79 Å². The summed E-state index contributed by atoms with van der Waals surface area (Å²) in [6.45, 7) is 9.13. The number of fused-ring (bicyclic) bond motifs is 1. The lowest BCUT2D eigenvalue weighted by Crippen LogP contribution is -2.38. The third-order valence-electron chi connectivity index (χ3n) is 3.54. The zero-order valence-corrected chi connectivity index (χ0v) is 12.8. The van der Waals surface area contributed by atoms with E-state index in [2.05, 4.69) is 18.0 Å². The molecular weight excluding hydrogens is 252 g/mol. The van der Waals surface area contributed by atoms with E-state index >= 15 is 0 Å². The lowest BCUT2D eigenvalue weighted by atomic mass is 9.97. The third-order valence-corrected chi connectivity index (χ3v) is 3.54. The number of nitrogens with zero attached hydrogens (tertiary/aromatic N) is 2. The van der Waals surface area contributed by atoms with Gasteiger partial charge in [0.05, 0.1) is 12.2 Å². The predicted molar refractivity (Wildman–Crippen MR) is 78.4 cm³/mol. The molecule has 4 nitrogen and oxygen atoms in total. The van der Waals surface area contributed by atoms with Gasteiger partial charge in [-0.3, -0.25) is 4.98 Å². The summed E-state index contributed by atoms with van der Waals surface area (Å²) in [6.07, 6.45) is 3.58. The Morgan fingerprint density at radius 1 is 1.50 bits per heavy atom. The van der Waals surface area contributed by atoms with Crippen molar-refractivity contribution < 1.29 is 9.53 Å². The standard InChI is InChI=1S/C16H24N2O2/c1-5-12-9-13-7-6-8-17-14(13)11-18(10-12)15(19)20-16(2,3)4/h6-8,12H,5,9-11H2,1-4H3/t12-/m1/s1. The van der Waals surface area contributed by atoms with Gasteiger partial charge in [0.15, 0.2) is 0 Å². The number of aromatic nitrogens is 1. The van der Waals surface area contributed by atoms with Crippen molar-refractivity contribution in [1.29, 1.82) is 0 Å². The van der Waals surface area contributed by atoms with Gasteiger partial charge in [0.2, 0.25) is 0 Å². The fourth-order valence-electron chi connectivity index (χ4n) is 2.47. The molecule has 20 heavy (non-hydrogen) atoms. The number of carbonyl (C=O) groups excluding carboxylic acids is 1. The van der Waals surface area contributed by atoms with Gasteiger partial charge < -0.3 is 9.64 Å². The second kappa shape index (κ2) is 5.81. The van der Waals surface area contributed by atoms with E-state index in [-0.39, 0.29) is 6.09 Å². The third kappa shape index (κ3) is 3.71. The van der Waals surface area contributed by atoms with Crippen LogP contribution in [0.15, 0.2) is 18.3 Å². The lowest BCUT2D eigenvalue weighted by Gasteiger charge is -2.28. The first kappa shape index (κ1) is 14.8. The molecular formula is C16H24N2O2. The van der Waals surface area contributed by atoms with Gasteiger partial charge in [-0.2, -0.15) is 0 Å². The van der Waals surface area contributed by atoms with Gasteiger partial charge in [-0.05, 0) is 44.7 Å². The van der Waals surface area contributed by atoms with E-state index < -0.39 is 5.60 Å². The van der Waals surface area contributed by atoms with Crippen molar-refractivity contribution in [2.24, 2.45) is 5.92 Å². The molecule has 1 aromatic rings. The number of rotatable bonds is 1. The van der Waals surface area contributed by atoms with Crippen LogP contribution in [0, 0.1) is 5.92 Å².